The maximum atomic E-state index is 5.82. The Morgan fingerprint density at radius 3 is 2.85 bits per heavy atom. The normalized spacial score (nSPS) is 11.0. The van der Waals surface area contributed by atoms with Crippen molar-refractivity contribution in [1.82, 2.24) is 0 Å². The molecule has 0 bridgehead atoms. The summed E-state index contributed by atoms with van der Waals surface area (Å²) in [6, 6.07) is 6.26. The van der Waals surface area contributed by atoms with Gasteiger partial charge in [-0.05, 0) is 34.7 Å². The van der Waals surface area contributed by atoms with E-state index < -0.39 is 0 Å². The molecule has 0 nitrogen and oxygen atoms in total. The molecule has 0 atom stereocenters. The molecule has 0 amide bonds. The second kappa shape index (κ2) is 3.96. The van der Waals surface area contributed by atoms with Gasteiger partial charge < -0.3 is 0 Å². The maximum absolute atomic E-state index is 5.82. The fraction of sp³-hybridized carbons (Fsp3) is 0.111. The number of thiol groups is 1. The molecule has 0 spiro atoms. The Kier molecular flexibility index (Phi) is 3.07. The molecule has 0 saturated carbocycles. The van der Waals surface area contributed by atoms with Crippen LogP contribution in [0.25, 0.3) is 10.1 Å². The number of thiophene rings is 1. The van der Waals surface area contributed by atoms with Crippen molar-refractivity contribution in [1.29, 1.82) is 0 Å². The van der Waals surface area contributed by atoms with Gasteiger partial charge in [0, 0.05) is 23.4 Å². The van der Waals surface area contributed by atoms with Gasteiger partial charge in [0.1, 0.15) is 0 Å². The van der Waals surface area contributed by atoms with Crippen molar-refractivity contribution in [3.05, 3.63) is 26.6 Å². The third-order valence-electron chi connectivity index (χ3n) is 1.83. The first-order chi connectivity index (χ1) is 6.24. The first-order valence-electron chi connectivity index (χ1n) is 3.69. The number of hydrogen-bond acceptors (Lipinski definition) is 2. The Morgan fingerprint density at radius 1 is 1.46 bits per heavy atom. The van der Waals surface area contributed by atoms with Gasteiger partial charge in [0.05, 0.1) is 5.88 Å². The molecule has 68 valence electrons. The van der Waals surface area contributed by atoms with Crippen LogP contribution in [0.5, 0.6) is 0 Å². The summed E-state index contributed by atoms with van der Waals surface area (Å²) in [5.41, 5.74) is 0. The van der Waals surface area contributed by atoms with E-state index in [0.717, 1.165) is 9.77 Å². The number of alkyl halides is 1. The third-order valence-corrected chi connectivity index (χ3v) is 4.96. The molecule has 0 aliphatic carbocycles. The van der Waals surface area contributed by atoms with Crippen LogP contribution < -0.4 is 0 Å². The van der Waals surface area contributed by atoms with E-state index in [9.17, 15) is 0 Å². The van der Waals surface area contributed by atoms with Gasteiger partial charge in [-0.15, -0.1) is 35.6 Å². The summed E-state index contributed by atoms with van der Waals surface area (Å²) in [4.78, 5) is 2.20. The number of halogens is 2. The molecule has 1 aromatic heterocycles. The second-order valence-corrected chi connectivity index (χ2v) is 5.63. The lowest BCUT2D eigenvalue weighted by molar-refractivity contribution is 1.40. The van der Waals surface area contributed by atoms with Crippen molar-refractivity contribution >= 4 is 68.2 Å². The second-order valence-electron chi connectivity index (χ2n) is 2.62. The molecule has 0 fully saturated rings. The molecule has 0 saturated heterocycles. The minimum atomic E-state index is 0.550. The standard InChI is InChI=1S/C9H6ClIS2/c10-4-7-9(12)8-5(11)2-1-3-6(8)13-7/h1-3,12H,4H2. The molecule has 2 rings (SSSR count). The smallest absolute Gasteiger partial charge is 0.0579 e. The van der Waals surface area contributed by atoms with Crippen LogP contribution in [0.1, 0.15) is 4.88 Å². The monoisotopic (exact) mass is 340 g/mol. The zero-order chi connectivity index (χ0) is 9.42. The lowest BCUT2D eigenvalue weighted by Gasteiger charge is -1.94. The van der Waals surface area contributed by atoms with Crippen LogP contribution in [-0.4, -0.2) is 0 Å². The quantitative estimate of drug-likeness (QED) is 0.440. The fourth-order valence-electron chi connectivity index (χ4n) is 1.23. The number of hydrogen-bond donors (Lipinski definition) is 1. The lowest BCUT2D eigenvalue weighted by Crippen LogP contribution is -1.73. The Hall–Kier alpha value is 0.550. The van der Waals surface area contributed by atoms with Crippen molar-refractivity contribution in [2.45, 2.75) is 10.8 Å². The summed E-state index contributed by atoms with van der Waals surface area (Å²) in [7, 11) is 0. The average molecular weight is 341 g/mol. The van der Waals surface area contributed by atoms with Crippen LogP contribution in [-0.2, 0) is 5.88 Å². The van der Waals surface area contributed by atoms with Crippen LogP contribution in [0.2, 0.25) is 0 Å². The first-order valence-corrected chi connectivity index (χ1v) is 6.56. The molecule has 1 aromatic carbocycles. The molecular weight excluding hydrogens is 335 g/mol. The van der Waals surface area contributed by atoms with Crippen LogP contribution in [0.15, 0.2) is 23.1 Å². The van der Waals surface area contributed by atoms with Gasteiger partial charge in [0.25, 0.3) is 0 Å². The summed E-state index contributed by atoms with van der Waals surface area (Å²) in [6.07, 6.45) is 0. The zero-order valence-electron chi connectivity index (χ0n) is 6.55. The Balaban J connectivity index is 2.85. The lowest BCUT2D eigenvalue weighted by atomic mass is 10.2. The van der Waals surface area contributed by atoms with Gasteiger partial charge in [-0.2, -0.15) is 0 Å². The molecular formula is C9H6ClIS2. The largest absolute Gasteiger partial charge is 0.142 e. The van der Waals surface area contributed by atoms with E-state index in [1.807, 2.05) is 0 Å². The highest BCUT2D eigenvalue weighted by Gasteiger charge is 2.09. The fourth-order valence-corrected chi connectivity index (χ4v) is 4.30. The van der Waals surface area contributed by atoms with E-state index >= 15 is 0 Å². The van der Waals surface area contributed by atoms with Crippen LogP contribution in [0.4, 0.5) is 0 Å². The maximum Gasteiger partial charge on any atom is 0.0579 e. The van der Waals surface area contributed by atoms with Crippen LogP contribution in [0.3, 0.4) is 0 Å². The zero-order valence-corrected chi connectivity index (χ0v) is 11.2. The minimum absolute atomic E-state index is 0.550. The minimum Gasteiger partial charge on any atom is -0.142 e. The highest BCUT2D eigenvalue weighted by Crippen LogP contribution is 2.37. The molecule has 0 unspecified atom stereocenters. The van der Waals surface area contributed by atoms with E-state index in [0.29, 0.717) is 5.88 Å². The molecule has 0 aliphatic heterocycles. The molecule has 0 radical (unpaired) electrons. The Bertz CT molecular complexity index is 450. The van der Waals surface area contributed by atoms with Gasteiger partial charge in [0.2, 0.25) is 0 Å². The molecule has 0 aliphatic rings. The van der Waals surface area contributed by atoms with Crippen molar-refractivity contribution in [2.75, 3.05) is 0 Å². The predicted octanol–water partition coefficient (Wildman–Crippen LogP) is 4.53. The molecule has 1 heterocycles. The van der Waals surface area contributed by atoms with Crippen molar-refractivity contribution in [3.63, 3.8) is 0 Å². The third kappa shape index (κ3) is 1.71. The summed E-state index contributed by atoms with van der Waals surface area (Å²) >= 11 is 14.4. The summed E-state index contributed by atoms with van der Waals surface area (Å²) in [5.74, 6) is 0.550. The Labute approximate surface area is 105 Å². The van der Waals surface area contributed by atoms with E-state index in [4.69, 9.17) is 11.6 Å². The highest BCUT2D eigenvalue weighted by atomic mass is 127. The average Bonchev–Trinajstić information content (AvgIpc) is 2.44. The SMILES string of the molecule is Sc1c(CCl)sc2cccc(I)c12. The van der Waals surface area contributed by atoms with Gasteiger partial charge >= 0.3 is 0 Å². The van der Waals surface area contributed by atoms with Crippen molar-refractivity contribution in [2.24, 2.45) is 0 Å². The topological polar surface area (TPSA) is 0 Å². The van der Waals surface area contributed by atoms with Gasteiger partial charge in [-0.3, -0.25) is 0 Å². The van der Waals surface area contributed by atoms with Crippen LogP contribution in [0, 0.1) is 3.57 Å². The first kappa shape index (κ1) is 10.1. The number of benzene rings is 1. The molecule has 4 heteroatoms. The van der Waals surface area contributed by atoms with E-state index in [-0.39, 0.29) is 0 Å². The van der Waals surface area contributed by atoms with Gasteiger partial charge in [0.15, 0.2) is 0 Å². The van der Waals surface area contributed by atoms with Crippen molar-refractivity contribution in [3.8, 4) is 0 Å². The highest BCUT2D eigenvalue weighted by molar-refractivity contribution is 14.1. The van der Waals surface area contributed by atoms with Crippen molar-refractivity contribution < 1.29 is 0 Å². The molecule has 2 aromatic rings. The summed E-state index contributed by atoms with van der Waals surface area (Å²) in [6.45, 7) is 0. The number of rotatable bonds is 1. The summed E-state index contributed by atoms with van der Waals surface area (Å²) < 4.78 is 2.51. The Morgan fingerprint density at radius 2 is 2.23 bits per heavy atom. The van der Waals surface area contributed by atoms with Gasteiger partial charge in [-0.1, -0.05) is 6.07 Å². The van der Waals surface area contributed by atoms with Crippen LogP contribution >= 0.6 is 58.2 Å². The molecule has 13 heavy (non-hydrogen) atoms. The van der Waals surface area contributed by atoms with E-state index in [1.165, 1.54) is 13.7 Å². The summed E-state index contributed by atoms with van der Waals surface area (Å²) in [5, 5.41) is 1.24. The van der Waals surface area contributed by atoms with Gasteiger partial charge in [-0.25, -0.2) is 0 Å². The predicted molar refractivity (Wildman–Crippen MR) is 71.4 cm³/mol. The van der Waals surface area contributed by atoms with E-state index in [2.05, 4.69) is 53.4 Å². The van der Waals surface area contributed by atoms with E-state index in [1.54, 1.807) is 11.3 Å². The number of fused-ring (bicyclic) bond motifs is 1. The molecule has 0 N–H and O–H groups in total.